The molecule has 1 aromatic heterocycles. The van der Waals surface area contributed by atoms with Crippen LogP contribution in [-0.2, 0) is 11.3 Å². The van der Waals surface area contributed by atoms with Gasteiger partial charge >= 0.3 is 0 Å². The number of furan rings is 1. The lowest BCUT2D eigenvalue weighted by Gasteiger charge is -2.29. The summed E-state index contributed by atoms with van der Waals surface area (Å²) in [6, 6.07) is 3.54. The van der Waals surface area contributed by atoms with Crippen molar-refractivity contribution < 1.29 is 9.21 Å². The number of amides is 1. The summed E-state index contributed by atoms with van der Waals surface area (Å²) < 4.78 is 5.15. The summed E-state index contributed by atoms with van der Waals surface area (Å²) in [7, 11) is 2.02. The highest BCUT2D eigenvalue weighted by molar-refractivity contribution is 5.82. The van der Waals surface area contributed by atoms with Gasteiger partial charge in [0.15, 0.2) is 0 Å². The van der Waals surface area contributed by atoms with Crippen LogP contribution in [0.15, 0.2) is 22.8 Å². The van der Waals surface area contributed by atoms with Gasteiger partial charge in [-0.3, -0.25) is 4.79 Å². The highest BCUT2D eigenvalue weighted by Gasteiger charge is 2.22. The van der Waals surface area contributed by atoms with E-state index in [0.29, 0.717) is 6.54 Å². The molecular weight excluding hydrogens is 206 g/mol. The standard InChI is InChI=1S/C11H17N3O2/c1-14-5-4-12-10(8-14)11(15)13-7-9-3-2-6-16-9/h2-3,6,10,12H,4-5,7-8H2,1H3,(H,13,15). The van der Waals surface area contributed by atoms with Crippen LogP contribution in [0.5, 0.6) is 0 Å². The molecule has 16 heavy (non-hydrogen) atoms. The van der Waals surface area contributed by atoms with Crippen LogP contribution in [0.4, 0.5) is 0 Å². The minimum atomic E-state index is -0.117. The molecule has 2 heterocycles. The number of carbonyl (C=O) groups excluding carboxylic acids is 1. The van der Waals surface area contributed by atoms with Crippen molar-refractivity contribution in [2.45, 2.75) is 12.6 Å². The van der Waals surface area contributed by atoms with E-state index in [1.807, 2.05) is 19.2 Å². The van der Waals surface area contributed by atoms with Gasteiger partial charge in [0, 0.05) is 19.6 Å². The van der Waals surface area contributed by atoms with Crippen molar-refractivity contribution >= 4 is 5.91 Å². The fraction of sp³-hybridized carbons (Fsp3) is 0.545. The van der Waals surface area contributed by atoms with Crippen LogP contribution in [-0.4, -0.2) is 43.5 Å². The molecule has 1 aliphatic heterocycles. The third kappa shape index (κ3) is 2.84. The highest BCUT2D eigenvalue weighted by atomic mass is 16.3. The highest BCUT2D eigenvalue weighted by Crippen LogP contribution is 2.00. The largest absolute Gasteiger partial charge is 0.467 e. The van der Waals surface area contributed by atoms with E-state index >= 15 is 0 Å². The smallest absolute Gasteiger partial charge is 0.238 e. The number of rotatable bonds is 3. The SMILES string of the molecule is CN1CCNC(C(=O)NCc2ccco2)C1. The number of piperazine rings is 1. The van der Waals surface area contributed by atoms with Crippen LogP contribution in [0.2, 0.25) is 0 Å². The Kier molecular flexibility index (Phi) is 3.58. The van der Waals surface area contributed by atoms with E-state index in [-0.39, 0.29) is 11.9 Å². The van der Waals surface area contributed by atoms with Crippen LogP contribution in [0.25, 0.3) is 0 Å². The monoisotopic (exact) mass is 223 g/mol. The molecule has 0 aliphatic carbocycles. The molecular formula is C11H17N3O2. The van der Waals surface area contributed by atoms with Gasteiger partial charge in [0.25, 0.3) is 0 Å². The van der Waals surface area contributed by atoms with Crippen molar-refractivity contribution in [3.05, 3.63) is 24.2 Å². The second-order valence-electron chi connectivity index (χ2n) is 4.07. The Morgan fingerprint density at radius 1 is 1.75 bits per heavy atom. The molecule has 5 nitrogen and oxygen atoms in total. The molecule has 1 unspecified atom stereocenters. The molecule has 1 saturated heterocycles. The van der Waals surface area contributed by atoms with E-state index in [1.54, 1.807) is 6.26 Å². The molecule has 1 atom stereocenters. The van der Waals surface area contributed by atoms with Gasteiger partial charge in [-0.05, 0) is 19.2 Å². The van der Waals surface area contributed by atoms with E-state index in [4.69, 9.17) is 4.42 Å². The molecule has 0 saturated carbocycles. The fourth-order valence-electron chi connectivity index (χ4n) is 1.78. The van der Waals surface area contributed by atoms with Crippen molar-refractivity contribution in [3.8, 4) is 0 Å². The maximum Gasteiger partial charge on any atom is 0.238 e. The first-order valence-corrected chi connectivity index (χ1v) is 5.48. The van der Waals surface area contributed by atoms with Gasteiger partial charge in [0.1, 0.15) is 5.76 Å². The molecule has 1 fully saturated rings. The Morgan fingerprint density at radius 2 is 2.62 bits per heavy atom. The van der Waals surface area contributed by atoms with E-state index in [1.165, 1.54) is 0 Å². The summed E-state index contributed by atoms with van der Waals surface area (Å²) in [5, 5.41) is 6.05. The summed E-state index contributed by atoms with van der Waals surface area (Å²) >= 11 is 0. The van der Waals surface area contributed by atoms with Crippen LogP contribution in [0.3, 0.4) is 0 Å². The minimum absolute atomic E-state index is 0.0305. The third-order valence-corrected chi connectivity index (χ3v) is 2.71. The quantitative estimate of drug-likeness (QED) is 0.745. The lowest BCUT2D eigenvalue weighted by atomic mass is 10.2. The lowest BCUT2D eigenvalue weighted by Crippen LogP contribution is -2.55. The van der Waals surface area contributed by atoms with Crippen molar-refractivity contribution in [3.63, 3.8) is 0 Å². The Balaban J connectivity index is 1.79. The van der Waals surface area contributed by atoms with Crippen molar-refractivity contribution in [1.82, 2.24) is 15.5 Å². The topological polar surface area (TPSA) is 57.5 Å². The zero-order chi connectivity index (χ0) is 11.4. The average molecular weight is 223 g/mol. The maximum absolute atomic E-state index is 11.8. The number of likely N-dealkylation sites (N-methyl/N-ethyl adjacent to an activating group) is 1. The van der Waals surface area contributed by atoms with E-state index < -0.39 is 0 Å². The second kappa shape index (κ2) is 5.14. The first-order valence-electron chi connectivity index (χ1n) is 5.48. The van der Waals surface area contributed by atoms with Crippen molar-refractivity contribution in [2.75, 3.05) is 26.7 Å². The molecule has 2 rings (SSSR count). The molecule has 1 aliphatic rings. The van der Waals surface area contributed by atoms with Gasteiger partial charge in [-0.15, -0.1) is 0 Å². The Morgan fingerprint density at radius 3 is 3.31 bits per heavy atom. The molecule has 1 aromatic rings. The predicted octanol–water partition coefficient (Wildman–Crippen LogP) is -0.201. The van der Waals surface area contributed by atoms with Crippen molar-refractivity contribution in [2.24, 2.45) is 0 Å². The molecule has 88 valence electrons. The summed E-state index contributed by atoms with van der Waals surface area (Å²) in [5.74, 6) is 0.806. The Bertz CT molecular complexity index is 337. The first kappa shape index (κ1) is 11.2. The fourth-order valence-corrected chi connectivity index (χ4v) is 1.78. The molecule has 0 radical (unpaired) electrons. The zero-order valence-electron chi connectivity index (χ0n) is 9.40. The molecule has 0 aromatic carbocycles. The number of carbonyl (C=O) groups is 1. The van der Waals surface area contributed by atoms with E-state index in [2.05, 4.69) is 15.5 Å². The van der Waals surface area contributed by atoms with Crippen LogP contribution in [0.1, 0.15) is 5.76 Å². The van der Waals surface area contributed by atoms with Gasteiger partial charge in [0.05, 0.1) is 18.8 Å². The minimum Gasteiger partial charge on any atom is -0.467 e. The predicted molar refractivity (Wildman–Crippen MR) is 59.8 cm³/mol. The van der Waals surface area contributed by atoms with Crippen LogP contribution >= 0.6 is 0 Å². The van der Waals surface area contributed by atoms with Crippen LogP contribution in [0, 0.1) is 0 Å². The number of nitrogens with one attached hydrogen (secondary N) is 2. The molecule has 0 spiro atoms. The average Bonchev–Trinajstić information content (AvgIpc) is 2.78. The van der Waals surface area contributed by atoms with Gasteiger partial charge in [-0.25, -0.2) is 0 Å². The third-order valence-electron chi connectivity index (χ3n) is 2.71. The Labute approximate surface area is 94.8 Å². The zero-order valence-corrected chi connectivity index (χ0v) is 9.40. The summed E-state index contributed by atoms with van der Waals surface area (Å²) in [6.07, 6.45) is 1.61. The molecule has 2 N–H and O–H groups in total. The lowest BCUT2D eigenvalue weighted by molar-refractivity contribution is -0.124. The van der Waals surface area contributed by atoms with Crippen molar-refractivity contribution in [1.29, 1.82) is 0 Å². The number of nitrogens with zero attached hydrogens (tertiary/aromatic N) is 1. The first-order chi connectivity index (χ1) is 7.75. The maximum atomic E-state index is 11.8. The van der Waals surface area contributed by atoms with Gasteiger partial charge in [0.2, 0.25) is 5.91 Å². The van der Waals surface area contributed by atoms with Gasteiger partial charge in [-0.1, -0.05) is 0 Å². The summed E-state index contributed by atoms with van der Waals surface area (Å²) in [5.41, 5.74) is 0. The number of hydrogen-bond donors (Lipinski definition) is 2. The molecule has 1 amide bonds. The Hall–Kier alpha value is -1.33. The normalized spacial score (nSPS) is 21.9. The second-order valence-corrected chi connectivity index (χ2v) is 4.07. The molecule has 5 heteroatoms. The van der Waals surface area contributed by atoms with Gasteiger partial charge in [-0.2, -0.15) is 0 Å². The summed E-state index contributed by atoms with van der Waals surface area (Å²) in [6.45, 7) is 3.05. The molecule has 0 bridgehead atoms. The van der Waals surface area contributed by atoms with E-state index in [0.717, 1.165) is 25.4 Å². The number of hydrogen-bond acceptors (Lipinski definition) is 4. The van der Waals surface area contributed by atoms with Crippen LogP contribution < -0.4 is 10.6 Å². The summed E-state index contributed by atoms with van der Waals surface area (Å²) in [4.78, 5) is 13.9. The van der Waals surface area contributed by atoms with Gasteiger partial charge < -0.3 is 20.0 Å². The van der Waals surface area contributed by atoms with E-state index in [9.17, 15) is 4.79 Å².